The highest BCUT2D eigenvalue weighted by Gasteiger charge is 2.41. The molecule has 3 fully saturated rings. The quantitative estimate of drug-likeness (QED) is 0.277. The molecule has 2 aromatic heterocycles. The van der Waals surface area contributed by atoms with E-state index in [9.17, 15) is 18.9 Å². The van der Waals surface area contributed by atoms with E-state index in [2.05, 4.69) is 22.2 Å². The highest BCUT2D eigenvalue weighted by Crippen LogP contribution is 2.46. The Balaban J connectivity index is 1.52. The molecule has 0 spiro atoms. The second-order valence-corrected chi connectivity index (χ2v) is 9.57. The van der Waals surface area contributed by atoms with Gasteiger partial charge in [0.2, 0.25) is 0 Å². The van der Waals surface area contributed by atoms with Crippen LogP contribution in [0.4, 0.5) is 20.3 Å². The van der Waals surface area contributed by atoms with E-state index in [4.69, 9.17) is 4.98 Å². The molecule has 3 aliphatic rings. The number of nitro benzene ring substituents is 1. The van der Waals surface area contributed by atoms with Gasteiger partial charge in [0.15, 0.2) is 5.82 Å². The normalized spacial score (nSPS) is 24.1. The number of aromatic nitrogens is 3. The van der Waals surface area contributed by atoms with Crippen LogP contribution in [0.5, 0.6) is 0 Å². The first-order chi connectivity index (χ1) is 16.4. The molecule has 0 unspecified atom stereocenters. The van der Waals surface area contributed by atoms with Crippen LogP contribution in [0.1, 0.15) is 32.6 Å². The van der Waals surface area contributed by atoms with Crippen molar-refractivity contribution < 1.29 is 13.7 Å². The number of aromatic amines is 1. The Morgan fingerprint density at radius 1 is 1.06 bits per heavy atom. The van der Waals surface area contributed by atoms with Gasteiger partial charge < -0.3 is 10.3 Å². The smallest absolute Gasteiger partial charge is 0.271 e. The molecule has 0 amide bonds. The van der Waals surface area contributed by atoms with E-state index in [1.165, 1.54) is 43.9 Å². The third-order valence-corrected chi connectivity index (χ3v) is 7.78. The van der Waals surface area contributed by atoms with Crippen molar-refractivity contribution in [1.82, 2.24) is 15.0 Å². The standard InChI is InChI=1S/C25H23F2N5O2/c1-12-13-2-4-14(5-3-13)22(12)30-24-17-7-6-16(32(33)34)10-21(17)29-25(31-24)19-11-28-23-18(19)8-15(26)9-20(23)27/h6-14,22,28H,2-5H2,1H3,(H,29,30,31)/t12-,13?,14?,22+/m0/s1. The number of rotatable bonds is 4. The zero-order valence-corrected chi connectivity index (χ0v) is 18.5. The Hall–Kier alpha value is -3.62. The third kappa shape index (κ3) is 3.29. The molecule has 3 saturated carbocycles. The number of benzene rings is 2. The van der Waals surface area contributed by atoms with Gasteiger partial charge in [-0.25, -0.2) is 18.7 Å². The molecule has 34 heavy (non-hydrogen) atoms. The van der Waals surface area contributed by atoms with Gasteiger partial charge in [0, 0.05) is 46.8 Å². The molecule has 0 saturated heterocycles. The Morgan fingerprint density at radius 3 is 2.56 bits per heavy atom. The second-order valence-electron chi connectivity index (χ2n) is 9.57. The lowest BCUT2D eigenvalue weighted by Gasteiger charge is -2.47. The first-order valence-corrected chi connectivity index (χ1v) is 11.6. The fourth-order valence-electron chi connectivity index (χ4n) is 5.96. The van der Waals surface area contributed by atoms with Gasteiger partial charge in [-0.05, 0) is 55.6 Å². The van der Waals surface area contributed by atoms with Gasteiger partial charge in [-0.1, -0.05) is 6.92 Å². The van der Waals surface area contributed by atoms with Gasteiger partial charge in [-0.3, -0.25) is 10.1 Å². The number of hydrogen-bond donors (Lipinski definition) is 2. The lowest BCUT2D eigenvalue weighted by Crippen LogP contribution is -2.47. The molecule has 0 radical (unpaired) electrons. The summed E-state index contributed by atoms with van der Waals surface area (Å²) in [6.07, 6.45) is 6.39. The summed E-state index contributed by atoms with van der Waals surface area (Å²) in [5.41, 5.74) is 0.917. The van der Waals surface area contributed by atoms with Crippen LogP contribution in [-0.2, 0) is 0 Å². The van der Waals surface area contributed by atoms with Gasteiger partial charge in [0.05, 0.1) is 16.0 Å². The number of fused-ring (bicyclic) bond motifs is 5. The van der Waals surface area contributed by atoms with Crippen molar-refractivity contribution in [3.8, 4) is 11.4 Å². The fraction of sp³-hybridized carbons (Fsp3) is 0.360. The number of halogens is 2. The van der Waals surface area contributed by atoms with Crippen molar-refractivity contribution in [2.45, 2.75) is 38.6 Å². The highest BCUT2D eigenvalue weighted by molar-refractivity contribution is 5.97. The zero-order chi connectivity index (χ0) is 23.6. The third-order valence-electron chi connectivity index (χ3n) is 7.78. The summed E-state index contributed by atoms with van der Waals surface area (Å²) in [4.78, 5) is 23.1. The summed E-state index contributed by atoms with van der Waals surface area (Å²) < 4.78 is 28.3. The zero-order valence-electron chi connectivity index (χ0n) is 18.5. The predicted octanol–water partition coefficient (Wildman–Crippen LogP) is 6.20. The van der Waals surface area contributed by atoms with Crippen molar-refractivity contribution >= 4 is 33.3 Å². The molecule has 0 aliphatic heterocycles. The number of nitrogens with zero attached hydrogens (tertiary/aromatic N) is 3. The first-order valence-electron chi connectivity index (χ1n) is 11.6. The van der Waals surface area contributed by atoms with Crippen molar-refractivity contribution in [2.75, 3.05) is 5.32 Å². The number of H-pyrrole nitrogens is 1. The molecule has 174 valence electrons. The van der Waals surface area contributed by atoms with E-state index in [1.807, 2.05) is 0 Å². The lowest BCUT2D eigenvalue weighted by atomic mass is 9.62. The lowest BCUT2D eigenvalue weighted by molar-refractivity contribution is -0.384. The van der Waals surface area contributed by atoms with Crippen LogP contribution in [0, 0.1) is 39.5 Å². The molecule has 2 atom stereocenters. The average Bonchev–Trinajstić information content (AvgIpc) is 3.25. The Morgan fingerprint density at radius 2 is 1.82 bits per heavy atom. The van der Waals surface area contributed by atoms with Crippen molar-refractivity contribution in [1.29, 1.82) is 0 Å². The number of nitrogens with one attached hydrogen (secondary N) is 2. The molecule has 2 bridgehead atoms. The maximum atomic E-state index is 14.3. The minimum atomic E-state index is -0.705. The van der Waals surface area contributed by atoms with Gasteiger partial charge >= 0.3 is 0 Å². The van der Waals surface area contributed by atoms with Crippen molar-refractivity contribution in [3.63, 3.8) is 0 Å². The minimum Gasteiger partial charge on any atom is -0.366 e. The summed E-state index contributed by atoms with van der Waals surface area (Å²) in [6.45, 7) is 2.27. The number of hydrogen-bond acceptors (Lipinski definition) is 5. The van der Waals surface area contributed by atoms with E-state index < -0.39 is 16.6 Å². The largest absolute Gasteiger partial charge is 0.366 e. The van der Waals surface area contributed by atoms with Crippen LogP contribution in [0.2, 0.25) is 0 Å². The molecular formula is C25H23F2N5O2. The van der Waals surface area contributed by atoms with Crippen LogP contribution in [0.3, 0.4) is 0 Å². The predicted molar refractivity (Wildman–Crippen MR) is 125 cm³/mol. The average molecular weight is 463 g/mol. The summed E-state index contributed by atoms with van der Waals surface area (Å²) in [6, 6.07) is 6.83. The summed E-state index contributed by atoms with van der Waals surface area (Å²) in [5, 5.41) is 16.0. The molecule has 2 heterocycles. The topological polar surface area (TPSA) is 96.7 Å². The van der Waals surface area contributed by atoms with Gasteiger partial charge in [-0.2, -0.15) is 0 Å². The number of anilines is 1. The molecule has 4 aromatic rings. The summed E-state index contributed by atoms with van der Waals surface area (Å²) in [7, 11) is 0. The van der Waals surface area contributed by atoms with Crippen LogP contribution >= 0.6 is 0 Å². The van der Waals surface area contributed by atoms with Crippen LogP contribution in [0.25, 0.3) is 33.2 Å². The Kier molecular flexibility index (Phi) is 4.75. The molecule has 7 rings (SSSR count). The first kappa shape index (κ1) is 20.9. The Bertz CT molecular complexity index is 1440. The van der Waals surface area contributed by atoms with E-state index in [-0.39, 0.29) is 23.1 Å². The van der Waals surface area contributed by atoms with Gasteiger partial charge in [0.25, 0.3) is 5.69 Å². The summed E-state index contributed by atoms with van der Waals surface area (Å²) >= 11 is 0. The molecular weight excluding hydrogens is 440 g/mol. The second kappa shape index (κ2) is 7.72. The van der Waals surface area contributed by atoms with Crippen LogP contribution in [0.15, 0.2) is 36.5 Å². The summed E-state index contributed by atoms with van der Waals surface area (Å²) in [5.74, 6) is 1.13. The minimum absolute atomic E-state index is 0.0794. The highest BCUT2D eigenvalue weighted by atomic mass is 19.1. The fourth-order valence-corrected chi connectivity index (χ4v) is 5.96. The monoisotopic (exact) mass is 463 g/mol. The molecule has 7 nitrogen and oxygen atoms in total. The molecule has 2 aromatic carbocycles. The van der Waals surface area contributed by atoms with E-state index in [1.54, 1.807) is 12.3 Å². The molecule has 2 N–H and O–H groups in total. The van der Waals surface area contributed by atoms with E-state index >= 15 is 0 Å². The van der Waals surface area contributed by atoms with Crippen molar-refractivity contribution in [2.24, 2.45) is 17.8 Å². The van der Waals surface area contributed by atoms with Crippen LogP contribution in [-0.4, -0.2) is 25.9 Å². The van der Waals surface area contributed by atoms with E-state index in [0.29, 0.717) is 45.4 Å². The van der Waals surface area contributed by atoms with Gasteiger partial charge in [0.1, 0.15) is 17.5 Å². The van der Waals surface area contributed by atoms with Crippen LogP contribution < -0.4 is 5.32 Å². The SMILES string of the molecule is C[C@H]1C2CCC(CC2)[C@@H]1Nc1nc(-c2c[nH]c3c(F)cc(F)cc23)nc2cc([N+](=O)[O-])ccc12. The van der Waals surface area contributed by atoms with E-state index in [0.717, 1.165) is 6.07 Å². The molecule has 9 heteroatoms. The maximum absolute atomic E-state index is 14.3. The Labute approximate surface area is 193 Å². The molecule has 3 aliphatic carbocycles. The number of nitro groups is 1. The number of non-ortho nitro benzene ring substituents is 1. The van der Waals surface area contributed by atoms with Crippen molar-refractivity contribution in [3.05, 3.63) is 58.3 Å². The maximum Gasteiger partial charge on any atom is 0.271 e. The van der Waals surface area contributed by atoms with Gasteiger partial charge in [-0.15, -0.1) is 0 Å².